The molecule has 10 heteroatoms. The van der Waals surface area contributed by atoms with Crippen molar-refractivity contribution in [2.75, 3.05) is 13.7 Å². The van der Waals surface area contributed by atoms with Gasteiger partial charge in [-0.2, -0.15) is 0 Å². The number of carboxylic acids is 1. The van der Waals surface area contributed by atoms with E-state index in [1.54, 1.807) is 25.3 Å². The van der Waals surface area contributed by atoms with Gasteiger partial charge in [0.1, 0.15) is 23.5 Å². The van der Waals surface area contributed by atoms with Crippen LogP contribution in [0.2, 0.25) is 0 Å². The van der Waals surface area contributed by atoms with Crippen molar-refractivity contribution in [2.24, 2.45) is 11.8 Å². The number of hydrogen-bond donors (Lipinski definition) is 5. The first kappa shape index (κ1) is 24.1. The highest BCUT2D eigenvalue weighted by Gasteiger charge is 2.33. The number of carbonyl (C=O) groups excluding carboxylic acids is 3. The molecule has 178 valence electrons. The fraction of sp³-hybridized carbons (Fsp3) is 0.478. The van der Waals surface area contributed by atoms with Crippen LogP contribution in [0.1, 0.15) is 43.6 Å². The van der Waals surface area contributed by atoms with Gasteiger partial charge in [-0.05, 0) is 43.4 Å². The molecular weight excluding hydrogens is 428 g/mol. The van der Waals surface area contributed by atoms with Crippen molar-refractivity contribution in [1.29, 1.82) is 0 Å². The zero-order valence-corrected chi connectivity index (χ0v) is 18.9. The summed E-state index contributed by atoms with van der Waals surface area (Å²) in [5.41, 5.74) is 0.971. The summed E-state index contributed by atoms with van der Waals surface area (Å²) in [7, 11) is 1.54. The van der Waals surface area contributed by atoms with Crippen LogP contribution in [0.4, 0.5) is 0 Å². The molecule has 1 saturated heterocycles. The molecule has 2 unspecified atom stereocenters. The number of methoxy groups -OCH3 is 1. The number of aliphatic carboxylic acids is 1. The summed E-state index contributed by atoms with van der Waals surface area (Å²) in [6, 6.07) is 4.87. The number of aromatic amines is 1. The molecule has 3 atom stereocenters. The van der Waals surface area contributed by atoms with Crippen molar-refractivity contribution in [2.45, 2.75) is 45.2 Å². The lowest BCUT2D eigenvalue weighted by Gasteiger charge is -2.23. The highest BCUT2D eigenvalue weighted by atomic mass is 16.5. The topological polar surface area (TPSA) is 150 Å². The summed E-state index contributed by atoms with van der Waals surface area (Å²) in [5.74, 6) is -2.32. The zero-order chi connectivity index (χ0) is 24.1. The minimum absolute atomic E-state index is 0.00291. The minimum atomic E-state index is -1.23. The van der Waals surface area contributed by atoms with Gasteiger partial charge in [0.05, 0.1) is 7.11 Å². The normalized spacial score (nSPS) is 17.5. The molecule has 10 nitrogen and oxygen atoms in total. The SMILES string of the molecule is COc1cccc2[nH]c(C(=O)NC(CC(C)C)C(=O)NC(C[C@@H]3CCNC3=O)C(=O)O)cc12. The molecular formula is C23H30N4O6. The third kappa shape index (κ3) is 5.82. The molecule has 1 fully saturated rings. The van der Waals surface area contributed by atoms with E-state index in [0.717, 1.165) is 5.39 Å². The number of fused-ring (bicyclic) bond motifs is 1. The fourth-order valence-electron chi connectivity index (χ4n) is 4.01. The Morgan fingerprint density at radius 3 is 2.58 bits per heavy atom. The van der Waals surface area contributed by atoms with E-state index in [-0.39, 0.29) is 23.9 Å². The molecule has 1 aliphatic heterocycles. The number of benzene rings is 1. The Kier molecular flexibility index (Phi) is 7.57. The van der Waals surface area contributed by atoms with Crippen LogP contribution in [-0.4, -0.2) is 59.5 Å². The van der Waals surface area contributed by atoms with E-state index in [9.17, 15) is 24.3 Å². The minimum Gasteiger partial charge on any atom is -0.496 e. The summed E-state index contributed by atoms with van der Waals surface area (Å²) >= 11 is 0. The molecule has 1 aliphatic rings. The standard InChI is InChI=1S/C23H30N4O6/c1-12(2)9-16(21(29)27-18(23(31)32)10-13-7-8-24-20(13)28)26-22(30)17-11-14-15(25-17)5-4-6-19(14)33-3/h4-6,11-13,16,18,25H,7-10H2,1-3H3,(H,24,28)(H,26,30)(H,27,29)(H,31,32)/t13-,16?,18?/m0/s1. The van der Waals surface area contributed by atoms with Gasteiger partial charge in [-0.15, -0.1) is 0 Å². The zero-order valence-electron chi connectivity index (χ0n) is 18.9. The van der Waals surface area contributed by atoms with Crippen molar-refractivity contribution in [3.05, 3.63) is 30.0 Å². The first-order chi connectivity index (χ1) is 15.7. The molecule has 0 bridgehead atoms. The Labute approximate surface area is 191 Å². The molecule has 0 radical (unpaired) electrons. The molecule has 5 N–H and O–H groups in total. The number of carboxylic acid groups (broad SMARTS) is 1. The largest absolute Gasteiger partial charge is 0.496 e. The summed E-state index contributed by atoms with van der Waals surface area (Å²) in [6.45, 7) is 4.29. The third-order valence-electron chi connectivity index (χ3n) is 5.72. The van der Waals surface area contributed by atoms with Crippen LogP contribution in [0.25, 0.3) is 10.9 Å². The average Bonchev–Trinajstić information content (AvgIpc) is 3.38. The van der Waals surface area contributed by atoms with Crippen LogP contribution in [0.15, 0.2) is 24.3 Å². The third-order valence-corrected chi connectivity index (χ3v) is 5.72. The van der Waals surface area contributed by atoms with Gasteiger partial charge in [0.15, 0.2) is 0 Å². The van der Waals surface area contributed by atoms with Crippen LogP contribution < -0.4 is 20.7 Å². The van der Waals surface area contributed by atoms with Gasteiger partial charge >= 0.3 is 5.97 Å². The van der Waals surface area contributed by atoms with Crippen molar-refractivity contribution >= 4 is 34.6 Å². The quantitative estimate of drug-likeness (QED) is 0.363. The first-order valence-electron chi connectivity index (χ1n) is 11.0. The van der Waals surface area contributed by atoms with Crippen LogP contribution >= 0.6 is 0 Å². The Morgan fingerprint density at radius 2 is 1.97 bits per heavy atom. The summed E-state index contributed by atoms with van der Waals surface area (Å²) in [4.78, 5) is 52.5. The van der Waals surface area contributed by atoms with Crippen molar-refractivity contribution in [3.63, 3.8) is 0 Å². The molecule has 3 amide bonds. The molecule has 1 aromatic carbocycles. The van der Waals surface area contributed by atoms with Crippen LogP contribution in [0.3, 0.4) is 0 Å². The van der Waals surface area contributed by atoms with Crippen LogP contribution in [-0.2, 0) is 14.4 Å². The smallest absolute Gasteiger partial charge is 0.326 e. The maximum absolute atomic E-state index is 13.0. The lowest BCUT2D eigenvalue weighted by atomic mass is 9.97. The van der Waals surface area contributed by atoms with Gasteiger partial charge in [-0.3, -0.25) is 14.4 Å². The highest BCUT2D eigenvalue weighted by molar-refractivity contribution is 6.01. The Hall–Kier alpha value is -3.56. The lowest BCUT2D eigenvalue weighted by molar-refractivity contribution is -0.142. The number of rotatable bonds is 10. The fourth-order valence-corrected chi connectivity index (χ4v) is 4.01. The van der Waals surface area contributed by atoms with E-state index >= 15 is 0 Å². The van der Waals surface area contributed by atoms with Gasteiger partial charge < -0.3 is 30.8 Å². The van der Waals surface area contributed by atoms with E-state index < -0.39 is 35.8 Å². The van der Waals surface area contributed by atoms with Crippen molar-refractivity contribution in [1.82, 2.24) is 20.9 Å². The summed E-state index contributed by atoms with van der Waals surface area (Å²) in [6.07, 6.45) is 0.836. The highest BCUT2D eigenvalue weighted by Crippen LogP contribution is 2.26. The number of ether oxygens (including phenoxy) is 1. The van der Waals surface area contributed by atoms with Crippen LogP contribution in [0.5, 0.6) is 5.75 Å². The molecule has 0 aliphatic carbocycles. The average molecular weight is 459 g/mol. The Balaban J connectivity index is 1.74. The van der Waals surface area contributed by atoms with Crippen LogP contribution in [0, 0.1) is 11.8 Å². The van der Waals surface area contributed by atoms with E-state index in [1.165, 1.54) is 0 Å². The number of amides is 3. The molecule has 2 aromatic rings. The number of hydrogen-bond acceptors (Lipinski definition) is 5. The molecule has 0 saturated carbocycles. The number of aromatic nitrogens is 1. The predicted molar refractivity (Wildman–Crippen MR) is 121 cm³/mol. The maximum Gasteiger partial charge on any atom is 0.326 e. The van der Waals surface area contributed by atoms with Crippen molar-refractivity contribution in [3.8, 4) is 5.75 Å². The molecule has 1 aromatic heterocycles. The van der Waals surface area contributed by atoms with E-state index in [1.807, 2.05) is 19.9 Å². The number of H-pyrrole nitrogens is 1. The summed E-state index contributed by atoms with van der Waals surface area (Å²) in [5, 5.41) is 18.2. The van der Waals surface area contributed by atoms with Gasteiger partial charge in [0, 0.05) is 23.4 Å². The Bertz CT molecular complexity index is 1050. The maximum atomic E-state index is 13.0. The monoisotopic (exact) mass is 458 g/mol. The van der Waals surface area contributed by atoms with Gasteiger partial charge in [0.2, 0.25) is 11.8 Å². The second-order valence-electron chi connectivity index (χ2n) is 8.67. The molecule has 2 heterocycles. The second-order valence-corrected chi connectivity index (χ2v) is 8.67. The van der Waals surface area contributed by atoms with Gasteiger partial charge in [-0.1, -0.05) is 19.9 Å². The molecule has 0 spiro atoms. The summed E-state index contributed by atoms with van der Waals surface area (Å²) < 4.78 is 5.32. The first-order valence-corrected chi connectivity index (χ1v) is 11.0. The van der Waals surface area contributed by atoms with E-state index in [2.05, 4.69) is 20.9 Å². The van der Waals surface area contributed by atoms with E-state index in [0.29, 0.717) is 30.7 Å². The number of carbonyl (C=O) groups is 4. The molecule has 33 heavy (non-hydrogen) atoms. The predicted octanol–water partition coefficient (Wildman–Crippen LogP) is 1.42. The van der Waals surface area contributed by atoms with Gasteiger partial charge in [-0.25, -0.2) is 4.79 Å². The lowest BCUT2D eigenvalue weighted by Crippen LogP contribution is -2.52. The Morgan fingerprint density at radius 1 is 1.21 bits per heavy atom. The molecule has 3 rings (SSSR count). The van der Waals surface area contributed by atoms with E-state index in [4.69, 9.17) is 4.74 Å². The second kappa shape index (κ2) is 10.4. The number of nitrogens with one attached hydrogen (secondary N) is 4. The van der Waals surface area contributed by atoms with Crippen molar-refractivity contribution < 1.29 is 29.0 Å². The van der Waals surface area contributed by atoms with Gasteiger partial charge in [0.25, 0.3) is 5.91 Å².